The van der Waals surface area contributed by atoms with E-state index in [1.807, 2.05) is 55.1 Å². The van der Waals surface area contributed by atoms with Crippen LogP contribution in [0, 0.1) is 13.8 Å². The Morgan fingerprint density at radius 2 is 2.10 bits per heavy atom. The zero-order valence-corrected chi connectivity index (χ0v) is 16.9. The van der Waals surface area contributed by atoms with E-state index in [1.165, 1.54) is 0 Å². The van der Waals surface area contributed by atoms with Gasteiger partial charge in [0.25, 0.3) is 0 Å². The van der Waals surface area contributed by atoms with Gasteiger partial charge in [0, 0.05) is 30.2 Å². The summed E-state index contributed by atoms with van der Waals surface area (Å²) in [6, 6.07) is 11.1. The Morgan fingerprint density at radius 1 is 1.27 bits per heavy atom. The molecule has 2 aromatic heterocycles. The summed E-state index contributed by atoms with van der Waals surface area (Å²) in [6.45, 7) is 4.14. The van der Waals surface area contributed by atoms with Gasteiger partial charge in [-0.15, -0.1) is 0 Å². The third-order valence-corrected chi connectivity index (χ3v) is 6.42. The predicted molar refractivity (Wildman–Crippen MR) is 110 cm³/mol. The van der Waals surface area contributed by atoms with Crippen LogP contribution in [0.15, 0.2) is 53.3 Å². The summed E-state index contributed by atoms with van der Waals surface area (Å²) in [5, 5.41) is 7.00. The summed E-state index contributed by atoms with van der Waals surface area (Å²) in [4.78, 5) is 32.9. The molecule has 7 heteroatoms. The van der Waals surface area contributed by atoms with Crippen molar-refractivity contribution in [3.63, 3.8) is 0 Å². The minimum atomic E-state index is -0.825. The molecule has 1 fully saturated rings. The maximum atomic E-state index is 13.5. The lowest BCUT2D eigenvalue weighted by Crippen LogP contribution is -2.43. The molecule has 0 radical (unpaired) electrons. The van der Waals surface area contributed by atoms with Gasteiger partial charge in [-0.3, -0.25) is 14.6 Å². The first-order valence-corrected chi connectivity index (χ1v) is 10.0. The zero-order chi connectivity index (χ0) is 20.9. The van der Waals surface area contributed by atoms with E-state index in [9.17, 15) is 9.59 Å². The van der Waals surface area contributed by atoms with Gasteiger partial charge in [-0.25, -0.2) is 0 Å². The van der Waals surface area contributed by atoms with E-state index in [0.717, 1.165) is 28.1 Å². The number of benzene rings is 1. The van der Waals surface area contributed by atoms with Crippen molar-refractivity contribution in [2.45, 2.75) is 38.1 Å². The summed E-state index contributed by atoms with van der Waals surface area (Å²) in [7, 11) is 0. The van der Waals surface area contributed by atoms with Crippen molar-refractivity contribution in [1.82, 2.24) is 15.0 Å². The van der Waals surface area contributed by atoms with Crippen molar-refractivity contribution in [2.75, 3.05) is 11.9 Å². The standard InChI is InChI=1S/C23H22N4O3/c1-14-17(15(2)30-26-14)12-20(28)27-11-9-23(21(27)16-6-5-10-24-13-16)18-7-3-4-8-19(18)25-22(23)29/h3-8,10,13,21H,9,11-12H2,1-2H3,(H,25,29). The Morgan fingerprint density at radius 3 is 2.83 bits per heavy atom. The number of carbonyl (C=O) groups is 2. The molecule has 1 saturated heterocycles. The van der Waals surface area contributed by atoms with Crippen LogP contribution in [0.2, 0.25) is 0 Å². The van der Waals surface area contributed by atoms with Gasteiger partial charge in [0.05, 0.1) is 18.2 Å². The number of hydrogen-bond acceptors (Lipinski definition) is 5. The number of para-hydroxylation sites is 1. The van der Waals surface area contributed by atoms with Crippen LogP contribution < -0.4 is 5.32 Å². The van der Waals surface area contributed by atoms with Gasteiger partial charge in [0.1, 0.15) is 11.2 Å². The Kier molecular flexibility index (Phi) is 4.20. The second kappa shape index (κ2) is 6.79. The molecule has 152 valence electrons. The number of pyridine rings is 1. The Labute approximate surface area is 174 Å². The maximum Gasteiger partial charge on any atom is 0.237 e. The van der Waals surface area contributed by atoms with Gasteiger partial charge in [0.2, 0.25) is 11.8 Å². The Hall–Kier alpha value is -3.48. The molecule has 2 amide bonds. The highest BCUT2D eigenvalue weighted by molar-refractivity contribution is 6.07. The summed E-state index contributed by atoms with van der Waals surface area (Å²) in [5.41, 5.74) is 3.31. The van der Waals surface area contributed by atoms with E-state index >= 15 is 0 Å². The fraction of sp³-hybridized carbons (Fsp3) is 0.304. The molecule has 5 rings (SSSR count). The van der Waals surface area contributed by atoms with Crippen molar-refractivity contribution in [1.29, 1.82) is 0 Å². The highest BCUT2D eigenvalue weighted by Gasteiger charge is 2.59. The number of nitrogens with one attached hydrogen (secondary N) is 1. The van der Waals surface area contributed by atoms with Crippen LogP contribution in [0.5, 0.6) is 0 Å². The van der Waals surface area contributed by atoms with Crippen LogP contribution in [-0.4, -0.2) is 33.4 Å². The molecule has 4 heterocycles. The number of fused-ring (bicyclic) bond motifs is 2. The molecule has 0 bridgehead atoms. The number of rotatable bonds is 3. The third-order valence-electron chi connectivity index (χ3n) is 6.42. The third kappa shape index (κ3) is 2.58. The summed E-state index contributed by atoms with van der Waals surface area (Å²) in [6.07, 6.45) is 4.20. The minimum Gasteiger partial charge on any atom is -0.361 e. The first-order valence-electron chi connectivity index (χ1n) is 10.0. The van der Waals surface area contributed by atoms with E-state index < -0.39 is 11.5 Å². The number of aryl methyl sites for hydroxylation is 2. The molecule has 0 aliphatic carbocycles. The van der Waals surface area contributed by atoms with Crippen LogP contribution in [0.1, 0.15) is 40.6 Å². The van der Waals surface area contributed by atoms with Gasteiger partial charge in [-0.2, -0.15) is 0 Å². The zero-order valence-electron chi connectivity index (χ0n) is 16.9. The smallest absolute Gasteiger partial charge is 0.237 e. The number of carbonyl (C=O) groups excluding carboxylic acids is 2. The average Bonchev–Trinajstić information content (AvgIpc) is 3.40. The molecule has 1 N–H and O–H groups in total. The molecule has 2 atom stereocenters. The summed E-state index contributed by atoms with van der Waals surface area (Å²) in [5.74, 6) is 0.536. The van der Waals surface area contributed by atoms with E-state index in [1.54, 1.807) is 12.4 Å². The fourth-order valence-electron chi connectivity index (χ4n) is 4.96. The van der Waals surface area contributed by atoms with E-state index in [-0.39, 0.29) is 18.2 Å². The molecular weight excluding hydrogens is 380 g/mol. The van der Waals surface area contributed by atoms with Crippen molar-refractivity contribution in [3.05, 3.63) is 76.9 Å². The van der Waals surface area contributed by atoms with Crippen LogP contribution in [-0.2, 0) is 21.4 Å². The van der Waals surface area contributed by atoms with Gasteiger partial charge in [-0.05, 0) is 43.5 Å². The monoisotopic (exact) mass is 402 g/mol. The lowest BCUT2D eigenvalue weighted by atomic mass is 9.73. The first-order chi connectivity index (χ1) is 14.5. The van der Waals surface area contributed by atoms with Gasteiger partial charge >= 0.3 is 0 Å². The number of nitrogens with zero attached hydrogens (tertiary/aromatic N) is 3. The second-order valence-corrected chi connectivity index (χ2v) is 7.98. The average molecular weight is 402 g/mol. The number of aromatic nitrogens is 2. The quantitative estimate of drug-likeness (QED) is 0.727. The molecule has 7 nitrogen and oxygen atoms in total. The highest BCUT2D eigenvalue weighted by Crippen LogP contribution is 2.54. The molecule has 30 heavy (non-hydrogen) atoms. The SMILES string of the molecule is Cc1noc(C)c1CC(=O)N1CCC2(C(=O)Nc3ccccc32)C1c1cccnc1. The first kappa shape index (κ1) is 18.5. The number of likely N-dealkylation sites (tertiary alicyclic amines) is 1. The topological polar surface area (TPSA) is 88.3 Å². The van der Waals surface area contributed by atoms with Crippen molar-refractivity contribution in [2.24, 2.45) is 0 Å². The summed E-state index contributed by atoms with van der Waals surface area (Å²) < 4.78 is 5.23. The normalized spacial score (nSPS) is 22.4. The van der Waals surface area contributed by atoms with Crippen LogP contribution >= 0.6 is 0 Å². The predicted octanol–water partition coefficient (Wildman–Crippen LogP) is 3.09. The van der Waals surface area contributed by atoms with Crippen LogP contribution in [0.25, 0.3) is 0 Å². The minimum absolute atomic E-state index is 0.0488. The van der Waals surface area contributed by atoms with Crippen molar-refractivity contribution < 1.29 is 14.1 Å². The van der Waals surface area contributed by atoms with Gasteiger partial charge in [-0.1, -0.05) is 29.4 Å². The fourth-order valence-corrected chi connectivity index (χ4v) is 4.96. The van der Waals surface area contributed by atoms with E-state index in [2.05, 4.69) is 15.5 Å². The van der Waals surface area contributed by atoms with E-state index in [0.29, 0.717) is 18.7 Å². The molecule has 2 aliphatic heterocycles. The molecule has 2 aliphatic rings. The molecule has 1 spiro atoms. The number of anilines is 1. The van der Waals surface area contributed by atoms with Crippen LogP contribution in [0.3, 0.4) is 0 Å². The molecule has 0 saturated carbocycles. The lowest BCUT2D eigenvalue weighted by molar-refractivity contribution is -0.132. The summed E-state index contributed by atoms with van der Waals surface area (Å²) >= 11 is 0. The van der Waals surface area contributed by atoms with E-state index in [4.69, 9.17) is 4.52 Å². The molecule has 1 aromatic carbocycles. The molecule has 3 aromatic rings. The van der Waals surface area contributed by atoms with Gasteiger partial charge < -0.3 is 14.7 Å². The van der Waals surface area contributed by atoms with Crippen molar-refractivity contribution in [3.8, 4) is 0 Å². The molecular formula is C23H22N4O3. The van der Waals surface area contributed by atoms with Crippen molar-refractivity contribution >= 4 is 17.5 Å². The Bertz CT molecular complexity index is 1120. The number of hydrogen-bond donors (Lipinski definition) is 1. The maximum absolute atomic E-state index is 13.5. The number of amides is 2. The Balaban J connectivity index is 1.60. The second-order valence-electron chi connectivity index (χ2n) is 7.98. The largest absolute Gasteiger partial charge is 0.361 e. The highest BCUT2D eigenvalue weighted by atomic mass is 16.5. The van der Waals surface area contributed by atoms with Gasteiger partial charge in [0.15, 0.2) is 0 Å². The van der Waals surface area contributed by atoms with Crippen LogP contribution in [0.4, 0.5) is 5.69 Å². The lowest BCUT2D eigenvalue weighted by Gasteiger charge is -2.34. The molecule has 2 unspecified atom stereocenters.